The van der Waals surface area contributed by atoms with Gasteiger partial charge in [-0.25, -0.2) is 0 Å². The summed E-state index contributed by atoms with van der Waals surface area (Å²) in [4.78, 5) is 25.3. The Morgan fingerprint density at radius 1 is 1.05 bits per heavy atom. The fourth-order valence-electron chi connectivity index (χ4n) is 2.01. The fraction of sp³-hybridized carbons (Fsp3) is 0.857. The molecule has 1 unspecified atom stereocenters. The Balaban J connectivity index is 2.15. The van der Waals surface area contributed by atoms with Crippen LogP contribution in [-0.2, 0) is 9.59 Å². The van der Waals surface area contributed by atoms with Crippen molar-refractivity contribution in [3.8, 4) is 0 Å². The summed E-state index contributed by atoms with van der Waals surface area (Å²) in [5.41, 5.74) is 0. The van der Waals surface area contributed by atoms with Crippen molar-refractivity contribution in [1.82, 2.24) is 15.5 Å². The van der Waals surface area contributed by atoms with Gasteiger partial charge in [0.15, 0.2) is 0 Å². The van der Waals surface area contributed by atoms with Gasteiger partial charge < -0.3 is 10.2 Å². The van der Waals surface area contributed by atoms with Gasteiger partial charge in [-0.15, -0.1) is 0 Å². The number of hydrogen-bond acceptors (Lipinski definition) is 3. The van der Waals surface area contributed by atoms with Crippen LogP contribution >= 0.6 is 0 Å². The molecule has 0 aromatic heterocycles. The normalized spacial score (nSPS) is 17.4. The SMILES string of the molecule is CC(C)C(C)NC(=O)CNCC(=O)N1CCCCC1. The molecule has 0 radical (unpaired) electrons. The molecule has 5 heteroatoms. The van der Waals surface area contributed by atoms with E-state index in [4.69, 9.17) is 0 Å². The van der Waals surface area contributed by atoms with Crippen LogP contribution in [-0.4, -0.2) is 48.9 Å². The number of nitrogens with zero attached hydrogens (tertiary/aromatic N) is 1. The van der Waals surface area contributed by atoms with Gasteiger partial charge in [-0.1, -0.05) is 13.8 Å². The molecule has 0 saturated carbocycles. The zero-order valence-corrected chi connectivity index (χ0v) is 12.4. The minimum atomic E-state index is -0.0485. The highest BCUT2D eigenvalue weighted by atomic mass is 16.2. The largest absolute Gasteiger partial charge is 0.352 e. The van der Waals surface area contributed by atoms with Gasteiger partial charge in [0.2, 0.25) is 11.8 Å². The van der Waals surface area contributed by atoms with Crippen molar-refractivity contribution in [2.45, 2.75) is 46.1 Å². The Morgan fingerprint density at radius 2 is 1.68 bits per heavy atom. The average Bonchev–Trinajstić information content (AvgIpc) is 2.39. The van der Waals surface area contributed by atoms with Gasteiger partial charge in [-0.2, -0.15) is 0 Å². The van der Waals surface area contributed by atoms with Crippen LogP contribution in [0.3, 0.4) is 0 Å². The lowest BCUT2D eigenvalue weighted by Crippen LogP contribution is -2.45. The van der Waals surface area contributed by atoms with E-state index in [0.29, 0.717) is 5.92 Å². The van der Waals surface area contributed by atoms with Gasteiger partial charge in [-0.3, -0.25) is 14.9 Å². The molecule has 0 aromatic rings. The summed E-state index contributed by atoms with van der Waals surface area (Å²) in [5, 5.41) is 5.83. The third-order valence-corrected chi connectivity index (χ3v) is 3.66. The number of hydrogen-bond donors (Lipinski definition) is 2. The number of rotatable bonds is 6. The highest BCUT2D eigenvalue weighted by Crippen LogP contribution is 2.08. The van der Waals surface area contributed by atoms with Crippen molar-refractivity contribution in [2.24, 2.45) is 5.92 Å². The molecule has 1 atom stereocenters. The third kappa shape index (κ3) is 6.05. The second-order valence-corrected chi connectivity index (χ2v) is 5.65. The van der Waals surface area contributed by atoms with Gasteiger partial charge >= 0.3 is 0 Å². The standard InChI is InChI=1S/C14H27N3O2/c1-11(2)12(3)16-13(18)9-15-10-14(19)17-7-5-4-6-8-17/h11-12,15H,4-10H2,1-3H3,(H,16,18). The fourth-order valence-corrected chi connectivity index (χ4v) is 2.01. The molecule has 0 aromatic carbocycles. The Bertz CT molecular complexity index is 299. The van der Waals surface area contributed by atoms with Crippen molar-refractivity contribution in [2.75, 3.05) is 26.2 Å². The molecule has 1 aliphatic rings. The zero-order valence-electron chi connectivity index (χ0n) is 12.4. The number of likely N-dealkylation sites (tertiary alicyclic amines) is 1. The lowest BCUT2D eigenvalue weighted by molar-refractivity contribution is -0.131. The van der Waals surface area contributed by atoms with E-state index in [-0.39, 0.29) is 30.9 Å². The highest BCUT2D eigenvalue weighted by molar-refractivity contribution is 5.81. The van der Waals surface area contributed by atoms with Crippen LogP contribution in [0, 0.1) is 5.92 Å². The van der Waals surface area contributed by atoms with Crippen molar-refractivity contribution < 1.29 is 9.59 Å². The van der Waals surface area contributed by atoms with Crippen LogP contribution in [0.2, 0.25) is 0 Å². The smallest absolute Gasteiger partial charge is 0.236 e. The molecular weight excluding hydrogens is 242 g/mol. The number of amides is 2. The van der Waals surface area contributed by atoms with E-state index in [1.165, 1.54) is 6.42 Å². The van der Waals surface area contributed by atoms with Crippen LogP contribution in [0.4, 0.5) is 0 Å². The molecule has 1 saturated heterocycles. The first-order valence-electron chi connectivity index (χ1n) is 7.28. The molecule has 5 nitrogen and oxygen atoms in total. The van der Waals surface area contributed by atoms with Gasteiger partial charge in [0.05, 0.1) is 13.1 Å². The van der Waals surface area contributed by atoms with Crippen LogP contribution in [0.5, 0.6) is 0 Å². The molecule has 0 bridgehead atoms. The first-order chi connectivity index (χ1) is 9.00. The predicted molar refractivity (Wildman–Crippen MR) is 75.7 cm³/mol. The van der Waals surface area contributed by atoms with Gasteiger partial charge in [0.1, 0.15) is 0 Å². The third-order valence-electron chi connectivity index (χ3n) is 3.66. The minimum absolute atomic E-state index is 0.0485. The Hall–Kier alpha value is -1.10. The zero-order chi connectivity index (χ0) is 14.3. The summed E-state index contributed by atoms with van der Waals surface area (Å²) in [6.45, 7) is 8.30. The van der Waals surface area contributed by atoms with Crippen LogP contribution < -0.4 is 10.6 Å². The molecule has 1 rings (SSSR count). The summed E-state index contributed by atoms with van der Waals surface area (Å²) in [6, 6.07) is 0.159. The molecule has 1 aliphatic heterocycles. The van der Waals surface area contributed by atoms with Crippen molar-refractivity contribution in [3.63, 3.8) is 0 Å². The van der Waals surface area contributed by atoms with Gasteiger partial charge in [0, 0.05) is 19.1 Å². The summed E-state index contributed by atoms with van der Waals surface area (Å²) in [6.07, 6.45) is 3.41. The van der Waals surface area contributed by atoms with E-state index < -0.39 is 0 Å². The molecule has 1 fully saturated rings. The van der Waals surface area contributed by atoms with E-state index in [0.717, 1.165) is 25.9 Å². The summed E-state index contributed by atoms with van der Waals surface area (Å²) in [5.74, 6) is 0.469. The number of nitrogens with one attached hydrogen (secondary N) is 2. The molecule has 0 spiro atoms. The molecule has 110 valence electrons. The van der Waals surface area contributed by atoms with Crippen LogP contribution in [0.1, 0.15) is 40.0 Å². The first kappa shape index (κ1) is 16.0. The van der Waals surface area contributed by atoms with Crippen LogP contribution in [0.25, 0.3) is 0 Å². The molecule has 0 aliphatic carbocycles. The van der Waals surface area contributed by atoms with E-state index in [1.807, 2.05) is 11.8 Å². The molecule has 1 heterocycles. The van der Waals surface area contributed by atoms with Gasteiger partial charge in [0.25, 0.3) is 0 Å². The quantitative estimate of drug-likeness (QED) is 0.748. The van der Waals surface area contributed by atoms with E-state index in [1.54, 1.807) is 0 Å². The molecule has 2 N–H and O–H groups in total. The van der Waals surface area contributed by atoms with Crippen LogP contribution in [0.15, 0.2) is 0 Å². The Labute approximate surface area is 116 Å². The van der Waals surface area contributed by atoms with E-state index in [9.17, 15) is 9.59 Å². The number of carbonyl (C=O) groups is 2. The Kier molecular flexibility index (Phi) is 6.84. The van der Waals surface area contributed by atoms with Crippen molar-refractivity contribution >= 4 is 11.8 Å². The highest BCUT2D eigenvalue weighted by Gasteiger charge is 2.16. The molecule has 2 amide bonds. The molecule has 19 heavy (non-hydrogen) atoms. The van der Waals surface area contributed by atoms with E-state index in [2.05, 4.69) is 24.5 Å². The molecular formula is C14H27N3O2. The number of piperidine rings is 1. The predicted octanol–water partition coefficient (Wildman–Crippen LogP) is 0.749. The van der Waals surface area contributed by atoms with E-state index >= 15 is 0 Å². The first-order valence-corrected chi connectivity index (χ1v) is 7.28. The van der Waals surface area contributed by atoms with Crippen molar-refractivity contribution in [1.29, 1.82) is 0 Å². The Morgan fingerprint density at radius 3 is 2.26 bits per heavy atom. The summed E-state index contributed by atoms with van der Waals surface area (Å²) in [7, 11) is 0. The maximum atomic E-state index is 11.8. The second kappa shape index (κ2) is 8.15. The average molecular weight is 269 g/mol. The summed E-state index contributed by atoms with van der Waals surface area (Å²) >= 11 is 0. The summed E-state index contributed by atoms with van der Waals surface area (Å²) < 4.78 is 0. The lowest BCUT2D eigenvalue weighted by atomic mass is 10.1. The monoisotopic (exact) mass is 269 g/mol. The maximum Gasteiger partial charge on any atom is 0.236 e. The number of carbonyl (C=O) groups excluding carboxylic acids is 2. The second-order valence-electron chi connectivity index (χ2n) is 5.65. The van der Waals surface area contributed by atoms with Crippen molar-refractivity contribution in [3.05, 3.63) is 0 Å². The lowest BCUT2D eigenvalue weighted by Gasteiger charge is -2.26. The maximum absolute atomic E-state index is 11.8. The topological polar surface area (TPSA) is 61.4 Å². The van der Waals surface area contributed by atoms with Gasteiger partial charge in [-0.05, 0) is 32.1 Å². The minimum Gasteiger partial charge on any atom is -0.352 e.